The number of carbonyl (C=O) groups excluding carboxylic acids is 1. The number of aromatic hydroxyl groups is 1. The fraction of sp³-hybridized carbons (Fsp3) is 0.125. The van der Waals surface area contributed by atoms with Gasteiger partial charge in [-0.25, -0.2) is 0 Å². The lowest BCUT2D eigenvalue weighted by atomic mass is 10.1. The average Bonchev–Trinajstić information content (AvgIpc) is 1.94. The molecule has 3 N–H and O–H groups in total. The molecule has 1 aromatic rings. The van der Waals surface area contributed by atoms with Gasteiger partial charge in [-0.15, -0.1) is 0 Å². The molecule has 0 bridgehead atoms. The first-order valence-corrected chi connectivity index (χ1v) is 3.21. The van der Waals surface area contributed by atoms with E-state index in [2.05, 4.69) is 0 Å². The van der Waals surface area contributed by atoms with Gasteiger partial charge in [0.25, 0.3) is 5.91 Å². The third-order valence-corrected chi connectivity index (χ3v) is 1.50. The molecule has 58 valence electrons. The maximum absolute atomic E-state index is 10.6. The lowest BCUT2D eigenvalue weighted by Crippen LogP contribution is -2.11. The van der Waals surface area contributed by atoms with Crippen LogP contribution in [0, 0.1) is 6.92 Å². The molecule has 0 unspecified atom stereocenters. The van der Waals surface area contributed by atoms with Gasteiger partial charge in [0.15, 0.2) is 0 Å². The lowest BCUT2D eigenvalue weighted by Gasteiger charge is -2.01. The zero-order chi connectivity index (χ0) is 8.43. The molecule has 0 spiro atoms. The molecule has 11 heavy (non-hydrogen) atoms. The third kappa shape index (κ3) is 1.32. The highest BCUT2D eigenvalue weighted by Gasteiger charge is 2.07. The molecule has 3 heteroatoms. The van der Waals surface area contributed by atoms with Crippen LogP contribution in [0.3, 0.4) is 0 Å². The highest BCUT2D eigenvalue weighted by atomic mass is 16.3. The molecule has 1 amide bonds. The minimum absolute atomic E-state index is 0.0278. The maximum atomic E-state index is 10.6. The van der Waals surface area contributed by atoms with Gasteiger partial charge in [0.1, 0.15) is 5.75 Å². The quantitative estimate of drug-likeness (QED) is 0.623. The molecule has 0 saturated carbocycles. The van der Waals surface area contributed by atoms with Crippen molar-refractivity contribution in [3.63, 3.8) is 0 Å². The third-order valence-electron chi connectivity index (χ3n) is 1.50. The van der Waals surface area contributed by atoms with Crippen molar-refractivity contribution in [1.29, 1.82) is 0 Å². The van der Waals surface area contributed by atoms with E-state index >= 15 is 0 Å². The number of phenols is 1. The summed E-state index contributed by atoms with van der Waals surface area (Å²) in [6.45, 7) is 1.71. The topological polar surface area (TPSA) is 63.3 Å². The van der Waals surface area contributed by atoms with Gasteiger partial charge in [-0.2, -0.15) is 0 Å². The predicted octanol–water partition coefficient (Wildman–Crippen LogP) is 0.800. The molecule has 0 aliphatic carbocycles. The molecule has 3 nitrogen and oxygen atoms in total. The molecular formula is C8H9NO2. The Morgan fingerprint density at radius 1 is 1.55 bits per heavy atom. The SMILES string of the molecule is Cc1cccc(C(N)=O)c1O. The zero-order valence-electron chi connectivity index (χ0n) is 6.16. The van der Waals surface area contributed by atoms with E-state index in [-0.39, 0.29) is 11.3 Å². The summed E-state index contributed by atoms with van der Waals surface area (Å²) in [5.41, 5.74) is 5.81. The first-order chi connectivity index (χ1) is 5.13. The van der Waals surface area contributed by atoms with Crippen molar-refractivity contribution in [2.45, 2.75) is 6.92 Å². The van der Waals surface area contributed by atoms with Crippen LogP contribution in [0.5, 0.6) is 5.75 Å². The summed E-state index contributed by atoms with van der Waals surface area (Å²) in [5.74, 6) is -0.633. The molecule has 0 aromatic heterocycles. The summed E-state index contributed by atoms with van der Waals surface area (Å²) in [6.07, 6.45) is 0. The fourth-order valence-electron chi connectivity index (χ4n) is 0.858. The number of amides is 1. The molecular weight excluding hydrogens is 142 g/mol. The summed E-state index contributed by atoms with van der Waals surface area (Å²) in [5, 5.41) is 9.27. The average molecular weight is 151 g/mol. The molecule has 0 aliphatic rings. The zero-order valence-corrected chi connectivity index (χ0v) is 6.16. The summed E-state index contributed by atoms with van der Waals surface area (Å²) in [7, 11) is 0. The van der Waals surface area contributed by atoms with E-state index in [1.807, 2.05) is 0 Å². The van der Waals surface area contributed by atoms with Crippen LogP contribution in [0.2, 0.25) is 0 Å². The first kappa shape index (κ1) is 7.60. The molecule has 0 fully saturated rings. The van der Waals surface area contributed by atoms with Crippen molar-refractivity contribution < 1.29 is 9.90 Å². The number of nitrogens with two attached hydrogens (primary N) is 1. The van der Waals surface area contributed by atoms with Crippen LogP contribution in [0.1, 0.15) is 15.9 Å². The fourth-order valence-corrected chi connectivity index (χ4v) is 0.858. The van der Waals surface area contributed by atoms with Gasteiger partial charge in [0.05, 0.1) is 5.56 Å². The van der Waals surface area contributed by atoms with Crippen LogP contribution in [0.4, 0.5) is 0 Å². The number of hydrogen-bond donors (Lipinski definition) is 2. The maximum Gasteiger partial charge on any atom is 0.252 e. The number of hydrogen-bond acceptors (Lipinski definition) is 2. The Labute approximate surface area is 64.5 Å². The van der Waals surface area contributed by atoms with Gasteiger partial charge in [0, 0.05) is 0 Å². The number of para-hydroxylation sites is 1. The van der Waals surface area contributed by atoms with Crippen LogP contribution in [-0.4, -0.2) is 11.0 Å². The number of aryl methyl sites for hydroxylation is 1. The second-order valence-electron chi connectivity index (χ2n) is 2.34. The van der Waals surface area contributed by atoms with Crippen molar-refractivity contribution >= 4 is 5.91 Å². The summed E-state index contributed by atoms with van der Waals surface area (Å²) in [6, 6.07) is 4.88. The van der Waals surface area contributed by atoms with Crippen molar-refractivity contribution in [2.75, 3.05) is 0 Å². The summed E-state index contributed by atoms with van der Waals surface area (Å²) >= 11 is 0. The van der Waals surface area contributed by atoms with Gasteiger partial charge in [-0.3, -0.25) is 4.79 Å². The van der Waals surface area contributed by atoms with E-state index in [0.717, 1.165) is 0 Å². The molecule has 0 aliphatic heterocycles. The van der Waals surface area contributed by atoms with Crippen LogP contribution in [-0.2, 0) is 0 Å². The number of benzene rings is 1. The van der Waals surface area contributed by atoms with Crippen molar-refractivity contribution in [3.8, 4) is 5.75 Å². The van der Waals surface area contributed by atoms with Gasteiger partial charge < -0.3 is 10.8 Å². The Balaban J connectivity index is 3.27. The van der Waals surface area contributed by atoms with Gasteiger partial charge >= 0.3 is 0 Å². The van der Waals surface area contributed by atoms with Crippen molar-refractivity contribution in [3.05, 3.63) is 29.3 Å². The standard InChI is InChI=1S/C8H9NO2/c1-5-3-2-4-6(7(5)10)8(9)11/h2-4,10H,1H3,(H2,9,11). The lowest BCUT2D eigenvalue weighted by molar-refractivity contribution is 0.0997. The van der Waals surface area contributed by atoms with E-state index in [1.165, 1.54) is 6.07 Å². The highest BCUT2D eigenvalue weighted by molar-refractivity contribution is 5.95. The molecule has 0 radical (unpaired) electrons. The van der Waals surface area contributed by atoms with Gasteiger partial charge in [-0.05, 0) is 18.6 Å². The second kappa shape index (κ2) is 2.62. The van der Waals surface area contributed by atoms with E-state index in [0.29, 0.717) is 5.56 Å². The van der Waals surface area contributed by atoms with Crippen LogP contribution in [0.25, 0.3) is 0 Å². The normalized spacial score (nSPS) is 9.55. The van der Waals surface area contributed by atoms with E-state index in [9.17, 15) is 9.90 Å². The number of rotatable bonds is 1. The minimum atomic E-state index is -0.605. The smallest absolute Gasteiger partial charge is 0.252 e. The molecule has 0 saturated heterocycles. The Morgan fingerprint density at radius 3 is 2.64 bits per heavy atom. The Bertz CT molecular complexity index is 294. The number of primary amides is 1. The monoisotopic (exact) mass is 151 g/mol. The predicted molar refractivity (Wildman–Crippen MR) is 41.4 cm³/mol. The second-order valence-corrected chi connectivity index (χ2v) is 2.34. The first-order valence-electron chi connectivity index (χ1n) is 3.21. The van der Waals surface area contributed by atoms with E-state index < -0.39 is 5.91 Å². The molecule has 1 aromatic carbocycles. The van der Waals surface area contributed by atoms with E-state index in [4.69, 9.17) is 5.73 Å². The Kier molecular flexibility index (Phi) is 1.81. The largest absolute Gasteiger partial charge is 0.507 e. The molecule has 0 heterocycles. The van der Waals surface area contributed by atoms with Gasteiger partial charge in [-0.1, -0.05) is 12.1 Å². The summed E-state index contributed by atoms with van der Waals surface area (Å²) in [4.78, 5) is 10.6. The van der Waals surface area contributed by atoms with Crippen LogP contribution in [0.15, 0.2) is 18.2 Å². The number of carbonyl (C=O) groups is 1. The van der Waals surface area contributed by atoms with Gasteiger partial charge in [0.2, 0.25) is 0 Å². The van der Waals surface area contributed by atoms with Crippen molar-refractivity contribution in [2.24, 2.45) is 5.73 Å². The van der Waals surface area contributed by atoms with Crippen LogP contribution >= 0.6 is 0 Å². The minimum Gasteiger partial charge on any atom is -0.507 e. The molecule has 1 rings (SSSR count). The Hall–Kier alpha value is -1.51. The molecule has 0 atom stereocenters. The highest BCUT2D eigenvalue weighted by Crippen LogP contribution is 2.20. The summed E-state index contributed by atoms with van der Waals surface area (Å²) < 4.78 is 0. The Morgan fingerprint density at radius 2 is 2.18 bits per heavy atom. The van der Waals surface area contributed by atoms with Crippen molar-refractivity contribution in [1.82, 2.24) is 0 Å². The van der Waals surface area contributed by atoms with Crippen LogP contribution < -0.4 is 5.73 Å². The van der Waals surface area contributed by atoms with E-state index in [1.54, 1.807) is 19.1 Å².